The van der Waals surface area contributed by atoms with Crippen LogP contribution in [0.1, 0.15) is 28.1 Å². The summed E-state index contributed by atoms with van der Waals surface area (Å²) in [7, 11) is -3.88. The van der Waals surface area contributed by atoms with Gasteiger partial charge in [-0.15, -0.1) is 11.3 Å². The summed E-state index contributed by atoms with van der Waals surface area (Å²) in [5, 5.41) is 9.73. The van der Waals surface area contributed by atoms with E-state index in [1.807, 2.05) is 5.38 Å². The quantitative estimate of drug-likeness (QED) is 0.827. The normalized spacial score (nSPS) is 17.3. The van der Waals surface area contributed by atoms with E-state index in [-0.39, 0.29) is 16.7 Å². The van der Waals surface area contributed by atoms with Crippen molar-refractivity contribution in [2.45, 2.75) is 30.7 Å². The molecule has 3 rings (SSSR count). The molecule has 2 heterocycles. The minimum atomic E-state index is -3.88. The summed E-state index contributed by atoms with van der Waals surface area (Å²) < 4.78 is 23.3. The first-order valence-corrected chi connectivity index (χ1v) is 10.5. The lowest BCUT2D eigenvalue weighted by Crippen LogP contribution is -2.43. The second-order valence-corrected chi connectivity index (χ2v) is 8.63. The number of hydrogen-bond donors (Lipinski definition) is 2. The molecule has 1 fully saturated rings. The Bertz CT molecular complexity index is 939. The fourth-order valence-electron chi connectivity index (χ4n) is 3.03. The molecule has 0 bridgehead atoms. The van der Waals surface area contributed by atoms with Crippen molar-refractivity contribution in [3.63, 3.8) is 0 Å². The number of aryl methyl sites for hydroxylation is 1. The van der Waals surface area contributed by atoms with E-state index in [1.165, 1.54) is 17.4 Å². The first-order chi connectivity index (χ1) is 12.3. The summed E-state index contributed by atoms with van der Waals surface area (Å²) >= 11 is 1.34. The van der Waals surface area contributed by atoms with Gasteiger partial charge >= 0.3 is 0 Å². The third kappa shape index (κ3) is 3.79. The van der Waals surface area contributed by atoms with E-state index in [2.05, 4.69) is 5.32 Å². The summed E-state index contributed by atoms with van der Waals surface area (Å²) in [4.78, 5) is 27.4. The molecular formula is C17H19N3O4S2. The molecule has 138 valence electrons. The standard InChI is InChI=1S/C17H19N3O4S2/c1-11-6-7-12(10-15(11)26(18,23)24)19-16(21)13-4-2-8-20(13)17(22)14-5-3-9-25-14/h3,5-7,9-10,13H,2,4,8H2,1H3,(H,19,21)(H2,18,23,24)/t13-/m0/s1. The van der Waals surface area contributed by atoms with Crippen LogP contribution in [0.5, 0.6) is 0 Å². The third-order valence-electron chi connectivity index (χ3n) is 4.31. The van der Waals surface area contributed by atoms with Gasteiger partial charge in [-0.2, -0.15) is 0 Å². The fraction of sp³-hybridized carbons (Fsp3) is 0.294. The van der Waals surface area contributed by atoms with Crippen LogP contribution >= 0.6 is 11.3 Å². The zero-order valence-corrected chi connectivity index (χ0v) is 15.8. The van der Waals surface area contributed by atoms with E-state index in [4.69, 9.17) is 5.14 Å². The molecule has 2 amide bonds. The molecule has 1 aromatic heterocycles. The Morgan fingerprint density at radius 1 is 1.31 bits per heavy atom. The summed E-state index contributed by atoms with van der Waals surface area (Å²) in [6.07, 6.45) is 1.31. The van der Waals surface area contributed by atoms with Crippen molar-refractivity contribution in [3.8, 4) is 0 Å². The van der Waals surface area contributed by atoms with Crippen LogP contribution in [0.15, 0.2) is 40.6 Å². The summed E-state index contributed by atoms with van der Waals surface area (Å²) in [6.45, 7) is 2.15. The van der Waals surface area contributed by atoms with Gasteiger partial charge in [-0.1, -0.05) is 12.1 Å². The predicted molar refractivity (Wildman–Crippen MR) is 99.6 cm³/mol. The van der Waals surface area contributed by atoms with Crippen LogP contribution in [-0.4, -0.2) is 37.7 Å². The summed E-state index contributed by atoms with van der Waals surface area (Å²) in [6, 6.07) is 7.48. The van der Waals surface area contributed by atoms with Gasteiger partial charge in [0.15, 0.2) is 0 Å². The highest BCUT2D eigenvalue weighted by Gasteiger charge is 2.35. The molecule has 2 aromatic rings. The van der Waals surface area contributed by atoms with Gasteiger partial charge in [0, 0.05) is 12.2 Å². The van der Waals surface area contributed by atoms with Gasteiger partial charge in [0.1, 0.15) is 6.04 Å². The maximum Gasteiger partial charge on any atom is 0.264 e. The molecular weight excluding hydrogens is 374 g/mol. The summed E-state index contributed by atoms with van der Waals surface area (Å²) in [5.41, 5.74) is 0.834. The molecule has 0 saturated carbocycles. The molecule has 7 nitrogen and oxygen atoms in total. The highest BCUT2D eigenvalue weighted by Crippen LogP contribution is 2.24. The average molecular weight is 393 g/mol. The van der Waals surface area contributed by atoms with E-state index in [9.17, 15) is 18.0 Å². The summed E-state index contributed by atoms with van der Waals surface area (Å²) in [5.74, 6) is -0.497. The number of nitrogens with zero attached hydrogens (tertiary/aromatic N) is 1. The Hall–Kier alpha value is -2.23. The molecule has 0 spiro atoms. The van der Waals surface area contributed by atoms with Gasteiger partial charge in [0.25, 0.3) is 5.91 Å². The van der Waals surface area contributed by atoms with Gasteiger partial charge in [-0.25, -0.2) is 13.6 Å². The van der Waals surface area contributed by atoms with Crippen LogP contribution in [-0.2, 0) is 14.8 Å². The van der Waals surface area contributed by atoms with Crippen LogP contribution in [0.4, 0.5) is 5.69 Å². The number of primary sulfonamides is 1. The van der Waals surface area contributed by atoms with Crippen LogP contribution in [0.25, 0.3) is 0 Å². The topological polar surface area (TPSA) is 110 Å². The number of thiophene rings is 1. The van der Waals surface area contributed by atoms with Crippen molar-refractivity contribution in [3.05, 3.63) is 46.2 Å². The Kier molecular flexibility index (Phi) is 5.12. The van der Waals surface area contributed by atoms with Gasteiger partial charge in [0.05, 0.1) is 9.77 Å². The Morgan fingerprint density at radius 3 is 2.73 bits per heavy atom. The second-order valence-electron chi connectivity index (χ2n) is 6.15. The van der Waals surface area contributed by atoms with E-state index in [1.54, 1.807) is 36.1 Å². The fourth-order valence-corrected chi connectivity index (χ4v) is 4.52. The maximum atomic E-state index is 12.7. The van der Waals surface area contributed by atoms with Crippen LogP contribution in [0, 0.1) is 6.92 Å². The molecule has 1 aliphatic heterocycles. The van der Waals surface area contributed by atoms with E-state index >= 15 is 0 Å². The Balaban J connectivity index is 1.78. The first-order valence-electron chi connectivity index (χ1n) is 8.06. The lowest BCUT2D eigenvalue weighted by atomic mass is 10.2. The monoisotopic (exact) mass is 393 g/mol. The number of carbonyl (C=O) groups excluding carboxylic acids is 2. The molecule has 3 N–H and O–H groups in total. The van der Waals surface area contributed by atoms with Gasteiger partial charge in [0.2, 0.25) is 15.9 Å². The molecule has 9 heteroatoms. The largest absolute Gasteiger partial charge is 0.326 e. The maximum absolute atomic E-state index is 12.7. The van der Waals surface area contributed by atoms with Crippen molar-refractivity contribution in [2.75, 3.05) is 11.9 Å². The van der Waals surface area contributed by atoms with E-state index in [0.29, 0.717) is 29.1 Å². The molecule has 1 aliphatic rings. The number of nitrogens with two attached hydrogens (primary N) is 1. The molecule has 0 radical (unpaired) electrons. The van der Waals surface area contributed by atoms with Crippen molar-refractivity contribution in [2.24, 2.45) is 5.14 Å². The molecule has 0 aliphatic carbocycles. The number of hydrogen-bond acceptors (Lipinski definition) is 5. The lowest BCUT2D eigenvalue weighted by molar-refractivity contribution is -0.119. The van der Waals surface area contributed by atoms with Crippen molar-refractivity contribution in [1.29, 1.82) is 0 Å². The number of anilines is 1. The number of carbonyl (C=O) groups is 2. The smallest absolute Gasteiger partial charge is 0.264 e. The molecule has 1 saturated heterocycles. The van der Waals surface area contributed by atoms with Crippen LogP contribution in [0.2, 0.25) is 0 Å². The number of benzene rings is 1. The third-order valence-corrected chi connectivity index (χ3v) is 6.22. The van der Waals surface area contributed by atoms with Gasteiger partial charge in [-0.05, 0) is 48.9 Å². The molecule has 0 unspecified atom stereocenters. The van der Waals surface area contributed by atoms with Gasteiger partial charge < -0.3 is 10.2 Å². The van der Waals surface area contributed by atoms with Crippen molar-refractivity contribution in [1.82, 2.24) is 4.90 Å². The Morgan fingerprint density at radius 2 is 2.08 bits per heavy atom. The van der Waals surface area contributed by atoms with E-state index in [0.717, 1.165) is 6.42 Å². The van der Waals surface area contributed by atoms with E-state index < -0.39 is 16.1 Å². The SMILES string of the molecule is Cc1ccc(NC(=O)[C@@H]2CCCN2C(=O)c2cccs2)cc1S(N)(=O)=O. The molecule has 1 atom stereocenters. The number of likely N-dealkylation sites (tertiary alicyclic amines) is 1. The number of sulfonamides is 1. The predicted octanol–water partition coefficient (Wildman–Crippen LogP) is 1.95. The van der Waals surface area contributed by atoms with Gasteiger partial charge in [-0.3, -0.25) is 9.59 Å². The Labute approximate surface area is 155 Å². The minimum Gasteiger partial charge on any atom is -0.326 e. The van der Waals surface area contributed by atoms with Crippen molar-refractivity contribution >= 4 is 38.9 Å². The highest BCUT2D eigenvalue weighted by molar-refractivity contribution is 7.89. The van der Waals surface area contributed by atoms with Crippen LogP contribution < -0.4 is 10.5 Å². The zero-order valence-electron chi connectivity index (χ0n) is 14.1. The van der Waals surface area contributed by atoms with Crippen molar-refractivity contribution < 1.29 is 18.0 Å². The van der Waals surface area contributed by atoms with Crippen LogP contribution in [0.3, 0.4) is 0 Å². The molecule has 1 aromatic carbocycles. The number of amides is 2. The molecule has 26 heavy (non-hydrogen) atoms. The number of nitrogens with one attached hydrogen (secondary N) is 1. The lowest BCUT2D eigenvalue weighted by Gasteiger charge is -2.23. The number of rotatable bonds is 4. The average Bonchev–Trinajstić information content (AvgIpc) is 3.26. The highest BCUT2D eigenvalue weighted by atomic mass is 32.2. The second kappa shape index (κ2) is 7.18. The first kappa shape index (κ1) is 18.6. The zero-order chi connectivity index (χ0) is 18.9. The minimum absolute atomic E-state index is 0.0340.